The Hall–Kier alpha value is -2.62. The van der Waals surface area contributed by atoms with Crippen LogP contribution in [-0.2, 0) is 0 Å². The molecule has 1 atom stereocenters. The van der Waals surface area contributed by atoms with Crippen molar-refractivity contribution >= 4 is 39.1 Å². The quantitative estimate of drug-likeness (QED) is 0.486. The molecule has 1 unspecified atom stereocenters. The predicted octanol–water partition coefficient (Wildman–Crippen LogP) is 5.81. The fourth-order valence-electron chi connectivity index (χ4n) is 3.82. The molecule has 0 saturated carbocycles. The van der Waals surface area contributed by atoms with E-state index in [4.69, 9.17) is 16.9 Å². The maximum atomic E-state index is 13.5. The van der Waals surface area contributed by atoms with Crippen molar-refractivity contribution in [1.29, 1.82) is 5.26 Å². The average molecular weight is 470 g/mol. The Balaban J connectivity index is 1.98. The van der Waals surface area contributed by atoms with Crippen molar-refractivity contribution in [1.82, 2.24) is 9.55 Å². The van der Waals surface area contributed by atoms with Gasteiger partial charge < -0.3 is 4.57 Å². The predicted molar refractivity (Wildman–Crippen MR) is 116 cm³/mol. The minimum Gasteiger partial charge on any atom is -0.317 e. The number of aryl methyl sites for hydroxylation is 1. The van der Waals surface area contributed by atoms with E-state index < -0.39 is 0 Å². The summed E-state index contributed by atoms with van der Waals surface area (Å²) in [5.74, 6) is -0.167. The molecule has 1 aromatic heterocycles. The van der Waals surface area contributed by atoms with Crippen LogP contribution in [-0.4, -0.2) is 15.5 Å². The first-order chi connectivity index (χ1) is 13.8. The number of halogens is 2. The number of carbonyl (C=O) groups excluding carboxylic acids is 1. The highest BCUT2D eigenvalue weighted by molar-refractivity contribution is 9.10. The minimum absolute atomic E-state index is 0.106. The molecule has 1 amide bonds. The molecule has 0 radical (unpaired) electrons. The molecule has 146 valence electrons. The second-order valence-electron chi connectivity index (χ2n) is 7.32. The second-order valence-corrected chi connectivity index (χ2v) is 8.47. The zero-order valence-corrected chi connectivity index (χ0v) is 18.5. The number of carbonyl (C=O) groups is 1. The molecular weight excluding hydrogens is 452 g/mol. The van der Waals surface area contributed by atoms with Crippen molar-refractivity contribution < 1.29 is 4.79 Å². The first-order valence-corrected chi connectivity index (χ1v) is 10.4. The number of amides is 1. The van der Waals surface area contributed by atoms with Gasteiger partial charge in [0.25, 0.3) is 5.91 Å². The van der Waals surface area contributed by atoms with Gasteiger partial charge >= 0.3 is 0 Å². The highest BCUT2D eigenvalue weighted by Crippen LogP contribution is 2.45. The van der Waals surface area contributed by atoms with Crippen LogP contribution in [0.3, 0.4) is 0 Å². The third-order valence-corrected chi connectivity index (χ3v) is 5.94. The molecule has 0 aliphatic carbocycles. The first-order valence-electron chi connectivity index (χ1n) is 9.21. The Morgan fingerprint density at radius 2 is 1.90 bits per heavy atom. The number of aromatic nitrogens is 2. The van der Waals surface area contributed by atoms with E-state index in [9.17, 15) is 4.79 Å². The number of nitriles is 1. The molecular formula is C22H18BrClN4O. The van der Waals surface area contributed by atoms with E-state index in [2.05, 4.69) is 40.8 Å². The molecule has 1 aliphatic rings. The van der Waals surface area contributed by atoms with E-state index in [0.717, 1.165) is 22.5 Å². The maximum Gasteiger partial charge on any atom is 0.279 e. The summed E-state index contributed by atoms with van der Waals surface area (Å²) in [6, 6.07) is 14.7. The SMILES string of the molecule is Cc1ccc(Cl)cc1N1C(=O)c2nc(Br)n(C(C)C)c2C1c1ccc(C#N)cc1. The van der Waals surface area contributed by atoms with Gasteiger partial charge in [-0.25, -0.2) is 4.98 Å². The van der Waals surface area contributed by atoms with Crippen molar-refractivity contribution in [2.24, 2.45) is 0 Å². The lowest BCUT2D eigenvalue weighted by atomic mass is 10.0. The van der Waals surface area contributed by atoms with E-state index in [0.29, 0.717) is 21.0 Å². The highest BCUT2D eigenvalue weighted by atomic mass is 79.9. The molecule has 7 heteroatoms. The number of fused-ring (bicyclic) bond motifs is 1. The molecule has 0 spiro atoms. The summed E-state index contributed by atoms with van der Waals surface area (Å²) in [6.45, 7) is 6.07. The number of anilines is 1. The van der Waals surface area contributed by atoms with Gasteiger partial charge in [-0.15, -0.1) is 0 Å². The molecule has 29 heavy (non-hydrogen) atoms. The summed E-state index contributed by atoms with van der Waals surface area (Å²) in [5, 5.41) is 9.73. The third-order valence-electron chi connectivity index (χ3n) is 5.15. The third kappa shape index (κ3) is 3.15. The van der Waals surface area contributed by atoms with Crippen molar-refractivity contribution in [3.63, 3.8) is 0 Å². The van der Waals surface area contributed by atoms with Crippen LogP contribution in [0.1, 0.15) is 58.8 Å². The van der Waals surface area contributed by atoms with Gasteiger partial charge in [0.05, 0.1) is 17.3 Å². The van der Waals surface area contributed by atoms with Crippen molar-refractivity contribution in [3.8, 4) is 6.07 Å². The Labute approximate surface area is 182 Å². The number of rotatable bonds is 3. The summed E-state index contributed by atoms with van der Waals surface area (Å²) in [7, 11) is 0. The van der Waals surface area contributed by atoms with Crippen LogP contribution in [0, 0.1) is 18.3 Å². The van der Waals surface area contributed by atoms with Crippen LogP contribution in [0.2, 0.25) is 5.02 Å². The number of benzene rings is 2. The number of hydrogen-bond acceptors (Lipinski definition) is 3. The molecule has 0 N–H and O–H groups in total. The topological polar surface area (TPSA) is 61.9 Å². The smallest absolute Gasteiger partial charge is 0.279 e. The fourth-order valence-corrected chi connectivity index (χ4v) is 4.76. The molecule has 0 fully saturated rings. The van der Waals surface area contributed by atoms with E-state index in [1.54, 1.807) is 17.0 Å². The summed E-state index contributed by atoms with van der Waals surface area (Å²) in [6.07, 6.45) is 0. The average Bonchev–Trinajstić information content (AvgIpc) is 3.17. The summed E-state index contributed by atoms with van der Waals surface area (Å²) in [4.78, 5) is 19.8. The van der Waals surface area contributed by atoms with Crippen LogP contribution >= 0.6 is 27.5 Å². The molecule has 0 bridgehead atoms. The highest BCUT2D eigenvalue weighted by Gasteiger charge is 2.44. The summed E-state index contributed by atoms with van der Waals surface area (Å²) < 4.78 is 2.67. The van der Waals surface area contributed by atoms with Gasteiger partial charge in [0.2, 0.25) is 0 Å². The van der Waals surface area contributed by atoms with Crippen LogP contribution in [0.5, 0.6) is 0 Å². The lowest BCUT2D eigenvalue weighted by Gasteiger charge is -2.29. The van der Waals surface area contributed by atoms with Gasteiger partial charge in [0, 0.05) is 16.8 Å². The monoisotopic (exact) mass is 468 g/mol. The van der Waals surface area contributed by atoms with Gasteiger partial charge in [0.1, 0.15) is 6.04 Å². The number of hydrogen-bond donors (Lipinski definition) is 0. The van der Waals surface area contributed by atoms with E-state index >= 15 is 0 Å². The fraction of sp³-hybridized carbons (Fsp3) is 0.227. The molecule has 0 saturated heterocycles. The van der Waals surface area contributed by atoms with E-state index in [-0.39, 0.29) is 18.0 Å². The summed E-state index contributed by atoms with van der Waals surface area (Å²) >= 11 is 9.78. The zero-order chi connectivity index (χ0) is 20.9. The number of imidazole rings is 1. The molecule has 3 aromatic rings. The van der Waals surface area contributed by atoms with Crippen LogP contribution in [0.4, 0.5) is 5.69 Å². The Morgan fingerprint density at radius 1 is 1.21 bits per heavy atom. The summed E-state index contributed by atoms with van der Waals surface area (Å²) in [5.41, 5.74) is 4.44. The van der Waals surface area contributed by atoms with Gasteiger partial charge in [0.15, 0.2) is 10.4 Å². The van der Waals surface area contributed by atoms with E-state index in [1.165, 1.54) is 0 Å². The molecule has 4 rings (SSSR count). The number of nitrogens with zero attached hydrogens (tertiary/aromatic N) is 4. The Kier molecular flexibility index (Phi) is 4.97. The van der Waals surface area contributed by atoms with Crippen molar-refractivity contribution in [2.45, 2.75) is 32.9 Å². The Morgan fingerprint density at radius 3 is 2.52 bits per heavy atom. The van der Waals surface area contributed by atoms with Crippen LogP contribution < -0.4 is 4.90 Å². The zero-order valence-electron chi connectivity index (χ0n) is 16.1. The van der Waals surface area contributed by atoms with Crippen molar-refractivity contribution in [2.75, 3.05) is 4.90 Å². The van der Waals surface area contributed by atoms with Gasteiger partial charge in [-0.3, -0.25) is 9.69 Å². The van der Waals surface area contributed by atoms with Gasteiger partial charge in [-0.05, 0) is 72.1 Å². The normalized spacial score (nSPS) is 15.7. The van der Waals surface area contributed by atoms with E-state index in [1.807, 2.05) is 41.8 Å². The van der Waals surface area contributed by atoms with Crippen LogP contribution in [0.25, 0.3) is 0 Å². The minimum atomic E-state index is -0.372. The lowest BCUT2D eigenvalue weighted by molar-refractivity contribution is 0.0989. The largest absolute Gasteiger partial charge is 0.317 e. The van der Waals surface area contributed by atoms with Gasteiger partial charge in [-0.2, -0.15) is 5.26 Å². The molecule has 1 aliphatic heterocycles. The molecule has 2 heterocycles. The standard InChI is InChI=1S/C22H18BrClN4O/c1-12(2)27-20-18(26-22(27)23)21(29)28(17-10-16(24)9-4-13(17)3)19(20)15-7-5-14(11-25)6-8-15/h4-10,12,19H,1-3H3. The maximum absolute atomic E-state index is 13.5. The second kappa shape index (κ2) is 7.33. The first kappa shape index (κ1) is 19.7. The van der Waals surface area contributed by atoms with Crippen LogP contribution in [0.15, 0.2) is 47.2 Å². The molecule has 5 nitrogen and oxygen atoms in total. The van der Waals surface area contributed by atoms with Crippen molar-refractivity contribution in [3.05, 3.63) is 80.3 Å². The molecule has 2 aromatic carbocycles. The Bertz CT molecular complexity index is 1160. The van der Waals surface area contributed by atoms with Gasteiger partial charge in [-0.1, -0.05) is 29.8 Å². The lowest BCUT2D eigenvalue weighted by Crippen LogP contribution is -2.30.